The molecule has 2 aromatic rings. The van der Waals surface area contributed by atoms with Crippen molar-refractivity contribution in [3.63, 3.8) is 0 Å². The Morgan fingerprint density at radius 2 is 2.10 bits per heavy atom. The van der Waals surface area contributed by atoms with Gasteiger partial charge in [0.05, 0.1) is 18.6 Å². The molecule has 108 valence electrons. The summed E-state index contributed by atoms with van der Waals surface area (Å²) in [6.45, 7) is 2.99. The summed E-state index contributed by atoms with van der Waals surface area (Å²) in [5.41, 5.74) is 2.08. The fraction of sp³-hybridized carbons (Fsp3) is 0.286. The molecule has 1 nitrogen and oxygen atoms in total. The normalized spacial score (nSPS) is 12.7. The SMILES string of the molecule is CCCNC(c1ccc(F)c(Cl)c1)c1cc(Br)sc1Br. The fourth-order valence-corrected chi connectivity index (χ4v) is 5.03. The van der Waals surface area contributed by atoms with E-state index >= 15 is 0 Å². The van der Waals surface area contributed by atoms with Gasteiger partial charge in [-0.1, -0.05) is 24.6 Å². The number of nitrogens with one attached hydrogen (secondary N) is 1. The van der Waals surface area contributed by atoms with E-state index in [0.717, 1.165) is 31.7 Å². The molecule has 20 heavy (non-hydrogen) atoms. The second-order valence-corrected chi connectivity index (χ2v) is 8.50. The number of halogens is 4. The van der Waals surface area contributed by atoms with E-state index in [4.69, 9.17) is 11.6 Å². The van der Waals surface area contributed by atoms with Gasteiger partial charge in [0.1, 0.15) is 5.82 Å². The lowest BCUT2D eigenvalue weighted by atomic mass is 10.0. The van der Waals surface area contributed by atoms with E-state index in [-0.39, 0.29) is 11.1 Å². The lowest BCUT2D eigenvalue weighted by Crippen LogP contribution is -2.23. The summed E-state index contributed by atoms with van der Waals surface area (Å²) < 4.78 is 15.4. The topological polar surface area (TPSA) is 12.0 Å². The molecule has 0 aliphatic rings. The van der Waals surface area contributed by atoms with Crippen molar-refractivity contribution in [2.45, 2.75) is 19.4 Å². The molecule has 0 saturated carbocycles. The molecule has 0 amide bonds. The Hall–Kier alpha value is 0.0600. The molecule has 0 bridgehead atoms. The summed E-state index contributed by atoms with van der Waals surface area (Å²) in [5.74, 6) is -0.393. The predicted molar refractivity (Wildman–Crippen MR) is 91.3 cm³/mol. The Labute approximate surface area is 143 Å². The average molecular weight is 442 g/mol. The first-order valence-corrected chi connectivity index (χ1v) is 8.94. The lowest BCUT2D eigenvalue weighted by Gasteiger charge is -2.19. The zero-order chi connectivity index (χ0) is 14.7. The summed E-state index contributed by atoms with van der Waals surface area (Å²) in [6, 6.07) is 6.92. The second-order valence-electron chi connectivity index (χ2n) is 4.34. The molecule has 0 spiro atoms. The minimum atomic E-state index is -0.393. The number of thiophene rings is 1. The van der Waals surface area contributed by atoms with Crippen LogP contribution in [0.2, 0.25) is 5.02 Å². The maximum Gasteiger partial charge on any atom is 0.141 e. The molecular formula is C14H13Br2ClFNS. The van der Waals surface area contributed by atoms with Crippen LogP contribution in [0.15, 0.2) is 31.8 Å². The van der Waals surface area contributed by atoms with E-state index in [0.29, 0.717) is 0 Å². The number of hydrogen-bond donors (Lipinski definition) is 1. The van der Waals surface area contributed by atoms with Crippen molar-refractivity contribution in [1.29, 1.82) is 0 Å². The zero-order valence-electron chi connectivity index (χ0n) is 10.7. The first-order chi connectivity index (χ1) is 9.52. The first-order valence-electron chi connectivity index (χ1n) is 6.16. The molecule has 0 saturated heterocycles. The molecule has 1 heterocycles. The van der Waals surface area contributed by atoms with E-state index in [1.165, 1.54) is 6.07 Å². The molecule has 0 radical (unpaired) electrons. The van der Waals surface area contributed by atoms with Crippen molar-refractivity contribution in [3.05, 3.63) is 53.8 Å². The van der Waals surface area contributed by atoms with Gasteiger partial charge in [-0.05, 0) is 74.2 Å². The number of rotatable bonds is 5. The van der Waals surface area contributed by atoms with Crippen LogP contribution >= 0.6 is 54.8 Å². The predicted octanol–water partition coefficient (Wildman–Crippen LogP) is 6.15. The van der Waals surface area contributed by atoms with Gasteiger partial charge in [0.25, 0.3) is 0 Å². The smallest absolute Gasteiger partial charge is 0.141 e. The molecule has 1 unspecified atom stereocenters. The van der Waals surface area contributed by atoms with Crippen LogP contribution in [0.4, 0.5) is 4.39 Å². The molecule has 0 aliphatic heterocycles. The molecule has 6 heteroatoms. The molecule has 1 atom stereocenters. The number of benzene rings is 1. The van der Waals surface area contributed by atoms with Gasteiger partial charge in [-0.3, -0.25) is 0 Å². The highest BCUT2D eigenvalue weighted by Gasteiger charge is 2.19. The lowest BCUT2D eigenvalue weighted by molar-refractivity contribution is 0.593. The molecule has 1 aromatic heterocycles. The van der Waals surface area contributed by atoms with Gasteiger partial charge in [-0.25, -0.2) is 4.39 Å². The molecule has 1 N–H and O–H groups in total. The van der Waals surface area contributed by atoms with Crippen molar-refractivity contribution in [1.82, 2.24) is 5.32 Å². The van der Waals surface area contributed by atoms with E-state index in [1.807, 2.05) is 0 Å². The third-order valence-corrected chi connectivity index (χ3v) is 5.54. The van der Waals surface area contributed by atoms with Gasteiger partial charge in [0, 0.05) is 0 Å². The van der Waals surface area contributed by atoms with Crippen LogP contribution < -0.4 is 5.32 Å². The first kappa shape index (κ1) is 16.4. The van der Waals surface area contributed by atoms with Crippen LogP contribution in [0.25, 0.3) is 0 Å². The molecular weight excluding hydrogens is 428 g/mol. The molecule has 1 aromatic carbocycles. The highest BCUT2D eigenvalue weighted by atomic mass is 79.9. The summed E-state index contributed by atoms with van der Waals surface area (Å²) in [6.07, 6.45) is 1.02. The van der Waals surface area contributed by atoms with E-state index in [9.17, 15) is 4.39 Å². The van der Waals surface area contributed by atoms with Gasteiger partial charge in [-0.15, -0.1) is 11.3 Å². The standard InChI is InChI=1S/C14H13Br2ClFNS/c1-2-5-19-13(9-7-12(15)20-14(9)16)8-3-4-11(18)10(17)6-8/h3-4,6-7,13,19H,2,5H2,1H3. The van der Waals surface area contributed by atoms with Crippen molar-refractivity contribution in [2.24, 2.45) is 0 Å². The Kier molecular flexibility index (Phi) is 6.05. The van der Waals surface area contributed by atoms with E-state index in [1.54, 1.807) is 23.5 Å². The largest absolute Gasteiger partial charge is 0.306 e. The zero-order valence-corrected chi connectivity index (χ0v) is 15.5. The highest BCUT2D eigenvalue weighted by molar-refractivity contribution is 9.12. The van der Waals surface area contributed by atoms with Crippen molar-refractivity contribution in [3.8, 4) is 0 Å². The van der Waals surface area contributed by atoms with Gasteiger partial charge in [0.2, 0.25) is 0 Å². The average Bonchev–Trinajstić information content (AvgIpc) is 2.73. The number of hydrogen-bond acceptors (Lipinski definition) is 2. The summed E-state index contributed by atoms with van der Waals surface area (Å²) in [7, 11) is 0. The Morgan fingerprint density at radius 1 is 1.35 bits per heavy atom. The van der Waals surface area contributed by atoms with Crippen molar-refractivity contribution in [2.75, 3.05) is 6.54 Å². The van der Waals surface area contributed by atoms with Crippen LogP contribution in [-0.4, -0.2) is 6.54 Å². The molecule has 0 aliphatic carbocycles. The minimum absolute atomic E-state index is 0.00928. The quantitative estimate of drug-likeness (QED) is 0.586. The van der Waals surface area contributed by atoms with Gasteiger partial charge >= 0.3 is 0 Å². The monoisotopic (exact) mass is 439 g/mol. The fourth-order valence-electron chi connectivity index (χ4n) is 1.94. The summed E-state index contributed by atoms with van der Waals surface area (Å²) in [5, 5.41) is 3.63. The Bertz CT molecular complexity index is 603. The third-order valence-electron chi connectivity index (χ3n) is 2.87. The Morgan fingerprint density at radius 3 is 2.65 bits per heavy atom. The van der Waals surface area contributed by atoms with Crippen LogP contribution in [0.5, 0.6) is 0 Å². The van der Waals surface area contributed by atoms with E-state index < -0.39 is 5.82 Å². The highest BCUT2D eigenvalue weighted by Crippen LogP contribution is 2.38. The maximum absolute atomic E-state index is 13.3. The van der Waals surface area contributed by atoms with Crippen molar-refractivity contribution >= 4 is 54.8 Å². The summed E-state index contributed by atoms with van der Waals surface area (Å²) in [4.78, 5) is 0. The minimum Gasteiger partial charge on any atom is -0.306 e. The van der Waals surface area contributed by atoms with E-state index in [2.05, 4.69) is 50.2 Å². The van der Waals surface area contributed by atoms with Crippen LogP contribution in [-0.2, 0) is 0 Å². The summed E-state index contributed by atoms with van der Waals surface area (Å²) >= 11 is 14.6. The molecule has 0 fully saturated rings. The maximum atomic E-state index is 13.3. The van der Waals surface area contributed by atoms with Crippen LogP contribution in [0.1, 0.15) is 30.5 Å². The Balaban J connectivity index is 2.41. The van der Waals surface area contributed by atoms with Gasteiger partial charge in [-0.2, -0.15) is 0 Å². The second kappa shape index (κ2) is 7.36. The molecule has 2 rings (SSSR count). The third kappa shape index (κ3) is 3.83. The van der Waals surface area contributed by atoms with Crippen LogP contribution in [0.3, 0.4) is 0 Å². The van der Waals surface area contributed by atoms with Gasteiger partial charge in [0.15, 0.2) is 0 Å². The van der Waals surface area contributed by atoms with Crippen LogP contribution in [0, 0.1) is 5.82 Å². The van der Waals surface area contributed by atoms with Crippen molar-refractivity contribution < 1.29 is 4.39 Å². The van der Waals surface area contributed by atoms with Gasteiger partial charge < -0.3 is 5.32 Å².